The van der Waals surface area contributed by atoms with E-state index >= 15 is 0 Å². The number of rotatable bonds is 6. The summed E-state index contributed by atoms with van der Waals surface area (Å²) in [5, 5.41) is 20.2. The number of hydrogen-bond acceptors (Lipinski definition) is 4. The lowest BCUT2D eigenvalue weighted by atomic mass is 9.80. The van der Waals surface area contributed by atoms with E-state index in [2.05, 4.69) is 24.8 Å². The molecular weight excluding hydrogens is 288 g/mol. The molecule has 112 valence electrons. The summed E-state index contributed by atoms with van der Waals surface area (Å²) in [6.07, 6.45) is 0. The summed E-state index contributed by atoms with van der Waals surface area (Å²) in [5.41, 5.74) is 0.732. The number of halogens is 1. The standard InChI is InChI=1S/C15H19BFNO2S/c1-11(2)18(10-14-4-3-7-21-14)9-12-5-6-13(16(19)20)8-15(12)17/h3-8,11,19-20H,9-10H2,1-2H3. The second kappa shape index (κ2) is 7.18. The first-order valence-electron chi connectivity index (χ1n) is 6.88. The van der Waals surface area contributed by atoms with Gasteiger partial charge in [-0.1, -0.05) is 18.2 Å². The van der Waals surface area contributed by atoms with E-state index in [4.69, 9.17) is 10.0 Å². The molecule has 2 rings (SSSR count). The minimum atomic E-state index is -1.64. The van der Waals surface area contributed by atoms with Crippen molar-refractivity contribution in [3.8, 4) is 0 Å². The molecule has 0 unspecified atom stereocenters. The first-order chi connectivity index (χ1) is 9.97. The van der Waals surface area contributed by atoms with Gasteiger partial charge >= 0.3 is 7.12 Å². The van der Waals surface area contributed by atoms with Crippen LogP contribution in [-0.4, -0.2) is 28.1 Å². The molecule has 0 aliphatic carbocycles. The van der Waals surface area contributed by atoms with Crippen molar-refractivity contribution in [1.82, 2.24) is 4.90 Å². The molecule has 0 amide bonds. The molecule has 21 heavy (non-hydrogen) atoms. The Morgan fingerprint density at radius 2 is 2.00 bits per heavy atom. The third-order valence-electron chi connectivity index (χ3n) is 3.42. The zero-order chi connectivity index (χ0) is 15.4. The number of hydrogen-bond donors (Lipinski definition) is 2. The topological polar surface area (TPSA) is 43.7 Å². The van der Waals surface area contributed by atoms with Crippen molar-refractivity contribution in [2.24, 2.45) is 0 Å². The summed E-state index contributed by atoms with van der Waals surface area (Å²) in [5.74, 6) is -0.405. The molecule has 0 saturated carbocycles. The Balaban J connectivity index is 2.13. The van der Waals surface area contributed by atoms with E-state index in [1.165, 1.54) is 10.9 Å². The molecular formula is C15H19BFNO2S. The molecule has 2 N–H and O–H groups in total. The summed E-state index contributed by atoms with van der Waals surface area (Å²) in [4.78, 5) is 3.42. The van der Waals surface area contributed by atoms with E-state index in [1.54, 1.807) is 23.5 Å². The van der Waals surface area contributed by atoms with Crippen molar-refractivity contribution >= 4 is 23.9 Å². The average molecular weight is 307 g/mol. The van der Waals surface area contributed by atoms with Gasteiger partial charge in [-0.15, -0.1) is 11.3 Å². The van der Waals surface area contributed by atoms with Crippen molar-refractivity contribution < 1.29 is 14.4 Å². The highest BCUT2D eigenvalue weighted by Gasteiger charge is 2.17. The van der Waals surface area contributed by atoms with E-state index in [0.29, 0.717) is 12.1 Å². The van der Waals surface area contributed by atoms with E-state index in [1.807, 2.05) is 11.4 Å². The third-order valence-corrected chi connectivity index (χ3v) is 4.28. The molecule has 3 nitrogen and oxygen atoms in total. The summed E-state index contributed by atoms with van der Waals surface area (Å²) < 4.78 is 14.1. The first kappa shape index (κ1) is 16.2. The van der Waals surface area contributed by atoms with Crippen LogP contribution in [0.4, 0.5) is 4.39 Å². The van der Waals surface area contributed by atoms with Gasteiger partial charge in [0.1, 0.15) is 5.82 Å². The highest BCUT2D eigenvalue weighted by atomic mass is 32.1. The lowest BCUT2D eigenvalue weighted by Crippen LogP contribution is -2.32. The van der Waals surface area contributed by atoms with Crippen molar-refractivity contribution in [2.45, 2.75) is 33.0 Å². The second-order valence-corrected chi connectivity index (χ2v) is 6.33. The summed E-state index contributed by atoms with van der Waals surface area (Å²) in [6.45, 7) is 5.43. The maximum Gasteiger partial charge on any atom is 0.488 e. The fourth-order valence-corrected chi connectivity index (χ4v) is 2.82. The fraction of sp³-hybridized carbons (Fsp3) is 0.333. The highest BCUT2D eigenvalue weighted by molar-refractivity contribution is 7.09. The minimum Gasteiger partial charge on any atom is -0.423 e. The molecule has 0 bridgehead atoms. The Morgan fingerprint density at radius 1 is 1.24 bits per heavy atom. The quantitative estimate of drug-likeness (QED) is 0.802. The molecule has 1 aromatic heterocycles. The molecule has 1 aromatic carbocycles. The number of thiophene rings is 1. The van der Waals surface area contributed by atoms with Crippen LogP contribution in [0.2, 0.25) is 0 Å². The van der Waals surface area contributed by atoms with Crippen LogP contribution in [0.3, 0.4) is 0 Å². The normalized spacial score (nSPS) is 11.4. The van der Waals surface area contributed by atoms with Crippen LogP contribution in [0.1, 0.15) is 24.3 Å². The fourth-order valence-electron chi connectivity index (χ4n) is 2.09. The van der Waals surface area contributed by atoms with Crippen LogP contribution in [0.25, 0.3) is 0 Å². The van der Waals surface area contributed by atoms with Crippen LogP contribution in [0, 0.1) is 5.82 Å². The van der Waals surface area contributed by atoms with Crippen molar-refractivity contribution in [3.63, 3.8) is 0 Å². The van der Waals surface area contributed by atoms with Gasteiger partial charge in [-0.2, -0.15) is 0 Å². The average Bonchev–Trinajstić information content (AvgIpc) is 2.92. The van der Waals surface area contributed by atoms with Gasteiger partial charge in [0.05, 0.1) is 0 Å². The van der Waals surface area contributed by atoms with Gasteiger partial charge in [-0.25, -0.2) is 4.39 Å². The number of benzene rings is 1. The Morgan fingerprint density at radius 3 is 2.52 bits per heavy atom. The molecule has 0 saturated heterocycles. The van der Waals surface area contributed by atoms with E-state index in [9.17, 15) is 4.39 Å². The predicted molar refractivity (Wildman–Crippen MR) is 84.9 cm³/mol. The van der Waals surface area contributed by atoms with Crippen LogP contribution in [-0.2, 0) is 13.1 Å². The van der Waals surface area contributed by atoms with Gasteiger partial charge in [0.25, 0.3) is 0 Å². The van der Waals surface area contributed by atoms with Crippen LogP contribution >= 0.6 is 11.3 Å². The third kappa shape index (κ3) is 4.38. The van der Waals surface area contributed by atoms with E-state index < -0.39 is 12.9 Å². The lowest BCUT2D eigenvalue weighted by Gasteiger charge is -2.26. The summed E-state index contributed by atoms with van der Waals surface area (Å²) >= 11 is 1.69. The SMILES string of the molecule is CC(C)N(Cc1cccs1)Cc1ccc(B(O)O)cc1F. The second-order valence-electron chi connectivity index (χ2n) is 5.30. The molecule has 0 spiro atoms. The number of nitrogens with zero attached hydrogens (tertiary/aromatic N) is 1. The molecule has 0 aliphatic rings. The molecule has 6 heteroatoms. The summed E-state index contributed by atoms with van der Waals surface area (Å²) in [6, 6.07) is 8.72. The molecule has 0 radical (unpaired) electrons. The van der Waals surface area contributed by atoms with Gasteiger partial charge < -0.3 is 10.0 Å². The highest BCUT2D eigenvalue weighted by Crippen LogP contribution is 2.17. The monoisotopic (exact) mass is 307 g/mol. The zero-order valence-corrected chi connectivity index (χ0v) is 13.0. The largest absolute Gasteiger partial charge is 0.488 e. The van der Waals surface area contributed by atoms with Crippen molar-refractivity contribution in [3.05, 3.63) is 52.0 Å². The maximum atomic E-state index is 14.1. The minimum absolute atomic E-state index is 0.172. The molecule has 0 atom stereocenters. The Bertz CT molecular complexity index is 575. The molecule has 1 heterocycles. The van der Waals surface area contributed by atoms with Gasteiger partial charge in [0.15, 0.2) is 0 Å². The van der Waals surface area contributed by atoms with Crippen LogP contribution < -0.4 is 5.46 Å². The Hall–Kier alpha value is -1.21. The van der Waals surface area contributed by atoms with Gasteiger partial charge in [0.2, 0.25) is 0 Å². The molecule has 0 aliphatic heterocycles. The lowest BCUT2D eigenvalue weighted by molar-refractivity contribution is 0.203. The Labute approximate surface area is 128 Å². The van der Waals surface area contributed by atoms with Gasteiger partial charge in [0, 0.05) is 29.6 Å². The van der Waals surface area contributed by atoms with Crippen molar-refractivity contribution in [2.75, 3.05) is 0 Å². The smallest absolute Gasteiger partial charge is 0.423 e. The van der Waals surface area contributed by atoms with E-state index in [0.717, 1.165) is 6.54 Å². The van der Waals surface area contributed by atoms with Gasteiger partial charge in [-0.05, 0) is 36.8 Å². The van der Waals surface area contributed by atoms with Crippen LogP contribution in [0.15, 0.2) is 35.7 Å². The summed E-state index contributed by atoms with van der Waals surface area (Å²) in [7, 11) is -1.64. The molecule has 0 fully saturated rings. The van der Waals surface area contributed by atoms with E-state index in [-0.39, 0.29) is 11.5 Å². The zero-order valence-electron chi connectivity index (χ0n) is 12.2. The maximum absolute atomic E-state index is 14.1. The van der Waals surface area contributed by atoms with Crippen LogP contribution in [0.5, 0.6) is 0 Å². The first-order valence-corrected chi connectivity index (χ1v) is 7.76. The predicted octanol–water partition coefficient (Wildman–Crippen LogP) is 1.98. The van der Waals surface area contributed by atoms with Crippen molar-refractivity contribution in [1.29, 1.82) is 0 Å². The van der Waals surface area contributed by atoms with Gasteiger partial charge in [-0.3, -0.25) is 4.90 Å². The molecule has 2 aromatic rings. The Kier molecular flexibility index (Phi) is 5.53.